The number of benzene rings is 3. The molecule has 3 aromatic rings. The van der Waals surface area contributed by atoms with Crippen LogP contribution in [-0.4, -0.2) is 52.9 Å². The second-order valence-electron chi connectivity index (χ2n) is 13.1. The molecule has 3 aromatic carbocycles. The predicted molar refractivity (Wildman–Crippen MR) is 171 cm³/mol. The van der Waals surface area contributed by atoms with E-state index in [2.05, 4.69) is 16.0 Å². The van der Waals surface area contributed by atoms with E-state index >= 15 is 0 Å². The molecule has 0 saturated heterocycles. The van der Waals surface area contributed by atoms with Gasteiger partial charge in [0.05, 0.1) is 37.9 Å². The Morgan fingerprint density at radius 1 is 0.511 bits per heavy atom. The highest BCUT2D eigenvalue weighted by atomic mass is 16.3. The highest BCUT2D eigenvalue weighted by molar-refractivity contribution is 5.91. The molecule has 6 N–H and O–H groups in total. The van der Waals surface area contributed by atoms with Crippen LogP contribution < -0.4 is 16.0 Å². The number of carbonyl (C=O) groups is 3. The molecule has 9 nitrogen and oxygen atoms in total. The molecule has 0 aromatic heterocycles. The number of amides is 3. The van der Waals surface area contributed by atoms with Gasteiger partial charge in [0.25, 0.3) is 0 Å². The number of hydrogen-bond donors (Lipinski definition) is 6. The van der Waals surface area contributed by atoms with E-state index in [9.17, 15) is 29.7 Å². The van der Waals surface area contributed by atoms with Crippen LogP contribution in [0.3, 0.4) is 0 Å². The number of hydrogen-bond acceptors (Lipinski definition) is 6. The van der Waals surface area contributed by atoms with Crippen molar-refractivity contribution in [3.8, 4) is 0 Å². The quantitative estimate of drug-likeness (QED) is 0.183. The smallest absolute Gasteiger partial charge is 0.226 e. The Hall–Kier alpha value is -4.05. The van der Waals surface area contributed by atoms with Crippen LogP contribution in [0.4, 0.5) is 0 Å². The largest absolute Gasteiger partial charge is 0.394 e. The summed E-state index contributed by atoms with van der Waals surface area (Å²) >= 11 is 0. The van der Waals surface area contributed by atoms with Crippen molar-refractivity contribution < 1.29 is 29.7 Å². The van der Waals surface area contributed by atoms with Crippen LogP contribution in [0.1, 0.15) is 74.8 Å². The van der Waals surface area contributed by atoms with Crippen molar-refractivity contribution in [3.05, 3.63) is 108 Å². The van der Waals surface area contributed by atoms with Gasteiger partial charge >= 0.3 is 0 Å². The van der Waals surface area contributed by atoms with Crippen LogP contribution in [0.25, 0.3) is 0 Å². The van der Waals surface area contributed by atoms with Crippen LogP contribution in [-0.2, 0) is 14.4 Å². The van der Waals surface area contributed by atoms with Crippen molar-refractivity contribution in [1.82, 2.24) is 16.0 Å². The molecule has 0 heterocycles. The summed E-state index contributed by atoms with van der Waals surface area (Å²) in [6.07, 6.45) is 0.383. The van der Waals surface area contributed by atoms with Crippen molar-refractivity contribution in [3.63, 3.8) is 0 Å². The summed E-state index contributed by atoms with van der Waals surface area (Å²) in [5.74, 6) is -1.15. The average Bonchev–Trinajstić information content (AvgIpc) is 3.05. The molecule has 1 aliphatic rings. The van der Waals surface area contributed by atoms with Gasteiger partial charge in [0.1, 0.15) is 0 Å². The van der Waals surface area contributed by atoms with Gasteiger partial charge in [-0.25, -0.2) is 0 Å². The van der Waals surface area contributed by atoms with Crippen LogP contribution >= 0.6 is 0 Å². The summed E-state index contributed by atoms with van der Waals surface area (Å²) in [4.78, 5) is 42.4. The summed E-state index contributed by atoms with van der Waals surface area (Å²) in [7, 11) is 0. The summed E-state index contributed by atoms with van der Waals surface area (Å²) in [6, 6.07) is 25.4. The first kappa shape index (κ1) is 33.8. The minimum absolute atomic E-state index is 0.128. The highest BCUT2D eigenvalue weighted by Crippen LogP contribution is 2.55. The Morgan fingerprint density at radius 2 is 0.733 bits per heavy atom. The molecule has 3 amide bonds. The zero-order valence-corrected chi connectivity index (χ0v) is 26.2. The molecule has 240 valence electrons. The lowest BCUT2D eigenvalue weighted by atomic mass is 9.53. The summed E-state index contributed by atoms with van der Waals surface area (Å²) in [5.41, 5.74) is -1.38. The van der Waals surface area contributed by atoms with Gasteiger partial charge < -0.3 is 31.3 Å². The zero-order valence-electron chi connectivity index (χ0n) is 26.2. The topological polar surface area (TPSA) is 148 Å². The molecule has 1 saturated carbocycles. The highest BCUT2D eigenvalue weighted by Gasteiger charge is 2.58. The minimum atomic E-state index is -1.19. The average molecular weight is 616 g/mol. The second-order valence-corrected chi connectivity index (χ2v) is 13.1. The minimum Gasteiger partial charge on any atom is -0.394 e. The standard InChI is InChI=1S/C36H45N3O6/c1-34(31(43)37-28(19-40)25-13-7-4-8-14-25)22-35(2,32(44)38-29(20-41)26-15-9-5-10-16-26)24-36(3,23-34)33(45)39-30(21-42)27-17-11-6-12-18-27/h4-18,28-30,40-42H,19-24H2,1-3H3,(H,37,43)(H,38,44)(H,39,45)/t28-,29-,30-,34?,35?,36?/m0/s1. The number of rotatable bonds is 12. The third-order valence-corrected chi connectivity index (χ3v) is 9.06. The number of aliphatic hydroxyl groups excluding tert-OH is 3. The van der Waals surface area contributed by atoms with E-state index in [0.717, 1.165) is 16.7 Å². The van der Waals surface area contributed by atoms with Gasteiger partial charge in [-0.3, -0.25) is 14.4 Å². The van der Waals surface area contributed by atoms with Crippen LogP contribution in [0.5, 0.6) is 0 Å². The number of nitrogens with one attached hydrogen (secondary N) is 3. The predicted octanol–water partition coefficient (Wildman–Crippen LogP) is 3.74. The number of aliphatic hydroxyl groups is 3. The van der Waals surface area contributed by atoms with E-state index in [-0.39, 0.29) is 56.8 Å². The van der Waals surface area contributed by atoms with Gasteiger partial charge in [0.2, 0.25) is 17.7 Å². The van der Waals surface area contributed by atoms with Gasteiger partial charge in [0, 0.05) is 16.2 Å². The summed E-state index contributed by atoms with van der Waals surface area (Å²) in [5, 5.41) is 39.4. The van der Waals surface area contributed by atoms with E-state index in [0.29, 0.717) is 0 Å². The Labute approximate surface area is 265 Å². The molecule has 45 heavy (non-hydrogen) atoms. The third kappa shape index (κ3) is 7.79. The van der Waals surface area contributed by atoms with E-state index in [1.54, 1.807) is 20.8 Å². The van der Waals surface area contributed by atoms with E-state index in [4.69, 9.17) is 0 Å². The second kappa shape index (κ2) is 14.4. The molecule has 3 atom stereocenters. The maximum absolute atomic E-state index is 14.1. The van der Waals surface area contributed by atoms with Gasteiger partial charge in [-0.15, -0.1) is 0 Å². The monoisotopic (exact) mass is 615 g/mol. The molecular formula is C36H45N3O6. The SMILES string of the molecule is CC1(C(=O)N[C@@H](CO)c2ccccc2)CC(C)(C(=O)N[C@@H](CO)c2ccccc2)CC(C)(C(=O)N[C@@H](CO)c2ccccc2)C1. The molecule has 0 spiro atoms. The van der Waals surface area contributed by atoms with E-state index in [1.165, 1.54) is 0 Å². The Balaban J connectivity index is 1.67. The fraction of sp³-hybridized carbons (Fsp3) is 0.417. The summed E-state index contributed by atoms with van der Waals surface area (Å²) < 4.78 is 0. The molecule has 9 heteroatoms. The number of carbonyl (C=O) groups excluding carboxylic acids is 3. The molecule has 4 rings (SSSR count). The van der Waals surface area contributed by atoms with Crippen LogP contribution in [0.2, 0.25) is 0 Å². The lowest BCUT2D eigenvalue weighted by molar-refractivity contribution is -0.155. The first-order valence-electron chi connectivity index (χ1n) is 15.4. The van der Waals surface area contributed by atoms with E-state index in [1.807, 2.05) is 91.0 Å². The maximum atomic E-state index is 14.1. The zero-order chi connectivity index (χ0) is 32.7. The van der Waals surface area contributed by atoms with Gasteiger partial charge in [-0.1, -0.05) is 112 Å². The van der Waals surface area contributed by atoms with E-state index < -0.39 is 34.4 Å². The van der Waals surface area contributed by atoms with Crippen molar-refractivity contribution >= 4 is 17.7 Å². The first-order valence-corrected chi connectivity index (χ1v) is 15.4. The molecule has 0 aliphatic heterocycles. The summed E-state index contributed by atoms with van der Waals surface area (Å²) in [6.45, 7) is 4.27. The molecule has 0 bridgehead atoms. The normalized spacial score (nSPS) is 24.9. The fourth-order valence-corrected chi connectivity index (χ4v) is 7.01. The van der Waals surface area contributed by atoms with Crippen molar-refractivity contribution in [2.75, 3.05) is 19.8 Å². The van der Waals surface area contributed by atoms with Gasteiger partial charge in [-0.2, -0.15) is 0 Å². The molecular weight excluding hydrogens is 570 g/mol. The Morgan fingerprint density at radius 3 is 0.933 bits per heavy atom. The van der Waals surface area contributed by atoms with Crippen molar-refractivity contribution in [1.29, 1.82) is 0 Å². The lowest BCUT2D eigenvalue weighted by Gasteiger charge is -2.51. The Kier molecular flexibility index (Phi) is 10.8. The lowest BCUT2D eigenvalue weighted by Crippen LogP contribution is -2.58. The molecule has 1 aliphatic carbocycles. The maximum Gasteiger partial charge on any atom is 0.226 e. The molecule has 0 radical (unpaired) electrons. The first-order chi connectivity index (χ1) is 21.5. The van der Waals surface area contributed by atoms with Crippen molar-refractivity contribution in [2.24, 2.45) is 16.2 Å². The van der Waals surface area contributed by atoms with Gasteiger partial charge in [0.15, 0.2) is 0 Å². The molecule has 0 unspecified atom stereocenters. The van der Waals surface area contributed by atoms with Gasteiger partial charge in [-0.05, 0) is 36.0 Å². The van der Waals surface area contributed by atoms with Crippen LogP contribution in [0, 0.1) is 16.2 Å². The van der Waals surface area contributed by atoms with Crippen LogP contribution in [0.15, 0.2) is 91.0 Å². The molecule has 1 fully saturated rings. The third-order valence-electron chi connectivity index (χ3n) is 9.06. The fourth-order valence-electron chi connectivity index (χ4n) is 7.01. The van der Waals surface area contributed by atoms with Crippen molar-refractivity contribution in [2.45, 2.75) is 58.2 Å². The Bertz CT molecular complexity index is 1250.